The number of amides is 1. The predicted octanol–water partition coefficient (Wildman–Crippen LogP) is 1.25. The van der Waals surface area contributed by atoms with E-state index in [4.69, 9.17) is 14.6 Å². The van der Waals surface area contributed by atoms with Crippen LogP contribution < -0.4 is 10.5 Å². The van der Waals surface area contributed by atoms with Gasteiger partial charge in [0.25, 0.3) is 5.91 Å². The average molecular weight is 342 g/mol. The third-order valence-electron chi connectivity index (χ3n) is 3.61. The third-order valence-corrected chi connectivity index (χ3v) is 4.52. The summed E-state index contributed by atoms with van der Waals surface area (Å²) in [6.07, 6.45) is 2.47. The molecule has 1 fully saturated rings. The average Bonchev–Trinajstić information content (AvgIpc) is 2.53. The fourth-order valence-corrected chi connectivity index (χ4v) is 2.82. The topological polar surface area (TPSA) is 108 Å². The van der Waals surface area contributed by atoms with E-state index < -0.39 is 16.1 Å². The van der Waals surface area contributed by atoms with Gasteiger partial charge in [0, 0.05) is 12.3 Å². The summed E-state index contributed by atoms with van der Waals surface area (Å²) in [6.45, 7) is 2.74. The number of hydrogen-bond acceptors (Lipinski definition) is 5. The monoisotopic (exact) mass is 342 g/mol. The molecule has 0 spiro atoms. The number of carbonyl (C=O) groups excluding carboxylic acids is 1. The predicted molar refractivity (Wildman–Crippen MR) is 85.4 cm³/mol. The molecular weight excluding hydrogens is 320 g/mol. The zero-order valence-corrected chi connectivity index (χ0v) is 13.8. The number of primary sulfonamides is 1. The van der Waals surface area contributed by atoms with Crippen molar-refractivity contribution in [3.8, 4) is 0 Å². The van der Waals surface area contributed by atoms with Crippen molar-refractivity contribution in [2.75, 3.05) is 18.5 Å². The molecule has 0 saturated carbocycles. The van der Waals surface area contributed by atoms with Crippen LogP contribution >= 0.6 is 0 Å². The van der Waals surface area contributed by atoms with E-state index in [1.54, 1.807) is 13.0 Å². The first-order valence-electron chi connectivity index (χ1n) is 7.53. The lowest BCUT2D eigenvalue weighted by molar-refractivity contribution is -0.130. The van der Waals surface area contributed by atoms with Crippen molar-refractivity contribution in [1.29, 1.82) is 0 Å². The standard InChI is InChI=1S/C15H22N2O5S/c1-11(22-10-13-6-2-3-8-21-13)15(18)17-12-5-4-7-14(9-12)23(16,19)20/h4-5,7,9,11,13H,2-3,6,8,10H2,1H3,(H,17,18)(H2,16,19,20). The third kappa shape index (κ3) is 5.58. The summed E-state index contributed by atoms with van der Waals surface area (Å²) in [6, 6.07) is 5.77. The molecule has 1 aromatic carbocycles. The van der Waals surface area contributed by atoms with E-state index in [1.807, 2.05) is 0 Å². The number of benzene rings is 1. The highest BCUT2D eigenvalue weighted by Crippen LogP contribution is 2.16. The van der Waals surface area contributed by atoms with Gasteiger partial charge in [-0.1, -0.05) is 6.07 Å². The van der Waals surface area contributed by atoms with Crippen LogP contribution in [0.1, 0.15) is 26.2 Å². The van der Waals surface area contributed by atoms with Gasteiger partial charge in [0.1, 0.15) is 6.10 Å². The van der Waals surface area contributed by atoms with Crippen molar-refractivity contribution in [3.63, 3.8) is 0 Å². The molecule has 128 valence electrons. The molecule has 0 radical (unpaired) electrons. The fourth-order valence-electron chi connectivity index (χ4n) is 2.26. The van der Waals surface area contributed by atoms with Gasteiger partial charge < -0.3 is 14.8 Å². The van der Waals surface area contributed by atoms with E-state index in [0.29, 0.717) is 12.3 Å². The number of nitrogens with one attached hydrogen (secondary N) is 1. The Morgan fingerprint density at radius 3 is 2.91 bits per heavy atom. The Balaban J connectivity index is 1.88. The van der Waals surface area contributed by atoms with Gasteiger partial charge >= 0.3 is 0 Å². The second kappa shape index (κ2) is 7.87. The molecule has 2 unspecified atom stereocenters. The van der Waals surface area contributed by atoms with Crippen LogP contribution in [0.3, 0.4) is 0 Å². The molecule has 0 aromatic heterocycles. The Morgan fingerprint density at radius 1 is 1.48 bits per heavy atom. The molecule has 23 heavy (non-hydrogen) atoms. The lowest BCUT2D eigenvalue weighted by Crippen LogP contribution is -2.32. The van der Waals surface area contributed by atoms with Gasteiger partial charge in [-0.2, -0.15) is 0 Å². The smallest absolute Gasteiger partial charge is 0.253 e. The second-order valence-electron chi connectivity index (χ2n) is 5.53. The highest BCUT2D eigenvalue weighted by Gasteiger charge is 2.19. The van der Waals surface area contributed by atoms with E-state index in [1.165, 1.54) is 18.2 Å². The largest absolute Gasteiger partial charge is 0.376 e. The second-order valence-corrected chi connectivity index (χ2v) is 7.09. The summed E-state index contributed by atoms with van der Waals surface area (Å²) in [5.41, 5.74) is 0.353. The molecular formula is C15H22N2O5S. The van der Waals surface area contributed by atoms with Crippen molar-refractivity contribution >= 4 is 21.6 Å². The number of ether oxygens (including phenoxy) is 2. The maximum absolute atomic E-state index is 12.1. The van der Waals surface area contributed by atoms with E-state index in [-0.39, 0.29) is 16.9 Å². The zero-order chi connectivity index (χ0) is 16.9. The van der Waals surface area contributed by atoms with Crippen LogP contribution in [0.2, 0.25) is 0 Å². The number of hydrogen-bond donors (Lipinski definition) is 2. The first-order chi connectivity index (χ1) is 10.9. The molecule has 2 rings (SSSR count). The summed E-state index contributed by atoms with van der Waals surface area (Å²) in [5.74, 6) is -0.354. The van der Waals surface area contributed by atoms with Gasteiger partial charge in [-0.3, -0.25) is 4.79 Å². The van der Waals surface area contributed by atoms with Gasteiger partial charge in [0.15, 0.2) is 0 Å². The number of sulfonamides is 1. The molecule has 3 N–H and O–H groups in total. The Bertz CT molecular complexity index is 641. The highest BCUT2D eigenvalue weighted by molar-refractivity contribution is 7.89. The molecule has 1 aliphatic rings. The van der Waals surface area contributed by atoms with Gasteiger partial charge in [-0.25, -0.2) is 13.6 Å². The maximum Gasteiger partial charge on any atom is 0.253 e. The van der Waals surface area contributed by atoms with E-state index in [2.05, 4.69) is 5.32 Å². The van der Waals surface area contributed by atoms with Gasteiger partial charge in [-0.15, -0.1) is 0 Å². The molecule has 1 aromatic rings. The summed E-state index contributed by atoms with van der Waals surface area (Å²) in [7, 11) is -3.81. The molecule has 2 atom stereocenters. The van der Waals surface area contributed by atoms with E-state index >= 15 is 0 Å². The Morgan fingerprint density at radius 2 is 2.26 bits per heavy atom. The molecule has 1 heterocycles. The Hall–Kier alpha value is -1.48. The van der Waals surface area contributed by atoms with Crippen LogP contribution in [0.15, 0.2) is 29.2 Å². The summed E-state index contributed by atoms with van der Waals surface area (Å²) >= 11 is 0. The fraction of sp³-hybridized carbons (Fsp3) is 0.533. The minimum atomic E-state index is -3.81. The van der Waals surface area contributed by atoms with Crippen molar-refractivity contribution < 1.29 is 22.7 Å². The quantitative estimate of drug-likeness (QED) is 0.809. The van der Waals surface area contributed by atoms with Crippen molar-refractivity contribution in [2.45, 2.75) is 43.3 Å². The van der Waals surface area contributed by atoms with Gasteiger partial charge in [0.05, 0.1) is 17.6 Å². The lowest BCUT2D eigenvalue weighted by Gasteiger charge is -2.23. The maximum atomic E-state index is 12.1. The molecule has 8 heteroatoms. The van der Waals surface area contributed by atoms with Crippen LogP contribution in [0.5, 0.6) is 0 Å². The van der Waals surface area contributed by atoms with Gasteiger partial charge in [-0.05, 0) is 44.4 Å². The SMILES string of the molecule is CC(OCC1CCCCO1)C(=O)Nc1cccc(S(N)(=O)=O)c1. The Labute approximate surface area is 136 Å². The van der Waals surface area contributed by atoms with Crippen LogP contribution in [0, 0.1) is 0 Å². The lowest BCUT2D eigenvalue weighted by atomic mass is 10.1. The highest BCUT2D eigenvalue weighted by atomic mass is 32.2. The van der Waals surface area contributed by atoms with Crippen molar-refractivity contribution in [2.24, 2.45) is 5.14 Å². The summed E-state index contributed by atoms with van der Waals surface area (Å²) in [4.78, 5) is 12.0. The normalized spacial score (nSPS) is 20.0. The number of anilines is 1. The Kier molecular flexibility index (Phi) is 6.11. The van der Waals surface area contributed by atoms with Gasteiger partial charge in [0.2, 0.25) is 10.0 Å². The van der Waals surface area contributed by atoms with Crippen LogP contribution in [-0.4, -0.2) is 39.7 Å². The van der Waals surface area contributed by atoms with E-state index in [0.717, 1.165) is 25.9 Å². The molecule has 0 aliphatic carbocycles. The van der Waals surface area contributed by atoms with Crippen LogP contribution in [-0.2, 0) is 24.3 Å². The van der Waals surface area contributed by atoms with Crippen LogP contribution in [0.4, 0.5) is 5.69 Å². The van der Waals surface area contributed by atoms with E-state index in [9.17, 15) is 13.2 Å². The van der Waals surface area contributed by atoms with Crippen molar-refractivity contribution in [1.82, 2.24) is 0 Å². The summed E-state index contributed by atoms with van der Waals surface area (Å²) in [5, 5.41) is 7.68. The molecule has 1 amide bonds. The molecule has 7 nitrogen and oxygen atoms in total. The number of nitrogens with two attached hydrogens (primary N) is 1. The van der Waals surface area contributed by atoms with Crippen molar-refractivity contribution in [3.05, 3.63) is 24.3 Å². The minimum absolute atomic E-state index is 0.0321. The number of carbonyl (C=O) groups is 1. The first-order valence-corrected chi connectivity index (χ1v) is 9.08. The molecule has 1 saturated heterocycles. The zero-order valence-electron chi connectivity index (χ0n) is 13.0. The molecule has 0 bridgehead atoms. The molecule has 1 aliphatic heterocycles. The number of rotatable bonds is 6. The first kappa shape index (κ1) is 17.9. The minimum Gasteiger partial charge on any atom is -0.376 e. The van der Waals surface area contributed by atoms with Crippen LogP contribution in [0.25, 0.3) is 0 Å². The summed E-state index contributed by atoms with van der Waals surface area (Å²) < 4.78 is 33.7.